The molecule has 0 saturated carbocycles. The Hall–Kier alpha value is -1.88. The molecule has 102 valence electrons. The Labute approximate surface area is 112 Å². The van der Waals surface area contributed by atoms with Crippen molar-refractivity contribution in [3.05, 3.63) is 29.8 Å². The van der Waals surface area contributed by atoms with E-state index in [0.29, 0.717) is 5.69 Å². The number of hydrogen-bond donors (Lipinski definition) is 3. The second kappa shape index (κ2) is 5.40. The van der Waals surface area contributed by atoms with Gasteiger partial charge in [0.15, 0.2) is 0 Å². The average Bonchev–Trinajstić information content (AvgIpc) is 2.40. The van der Waals surface area contributed by atoms with Gasteiger partial charge in [-0.25, -0.2) is 4.79 Å². The van der Waals surface area contributed by atoms with E-state index in [4.69, 9.17) is 5.11 Å². The lowest BCUT2D eigenvalue weighted by molar-refractivity contribution is -0.122. The van der Waals surface area contributed by atoms with E-state index in [1.54, 1.807) is 12.1 Å². The number of carbonyl (C=O) groups is 2. The van der Waals surface area contributed by atoms with Gasteiger partial charge in [-0.3, -0.25) is 4.79 Å². The minimum absolute atomic E-state index is 0.0738. The van der Waals surface area contributed by atoms with Gasteiger partial charge < -0.3 is 15.7 Å². The Morgan fingerprint density at radius 2 is 1.95 bits per heavy atom. The third kappa shape index (κ3) is 3.12. The van der Waals surface area contributed by atoms with E-state index in [1.165, 1.54) is 12.1 Å². The summed E-state index contributed by atoms with van der Waals surface area (Å²) >= 11 is 0. The van der Waals surface area contributed by atoms with Crippen LogP contribution in [0.2, 0.25) is 0 Å². The number of benzene rings is 1. The van der Waals surface area contributed by atoms with E-state index in [-0.39, 0.29) is 11.5 Å². The van der Waals surface area contributed by atoms with Crippen LogP contribution in [0, 0.1) is 0 Å². The number of piperidine rings is 1. The Kier molecular flexibility index (Phi) is 3.85. The molecular weight excluding hydrogens is 244 g/mol. The summed E-state index contributed by atoms with van der Waals surface area (Å²) in [6.07, 6.45) is 2.94. The maximum absolute atomic E-state index is 12.2. The van der Waals surface area contributed by atoms with Crippen molar-refractivity contribution in [2.75, 3.05) is 11.9 Å². The highest BCUT2D eigenvalue weighted by Gasteiger charge is 2.34. The number of carboxylic acid groups (broad SMARTS) is 1. The van der Waals surface area contributed by atoms with Crippen LogP contribution < -0.4 is 10.6 Å². The Morgan fingerprint density at radius 1 is 1.26 bits per heavy atom. The van der Waals surface area contributed by atoms with Gasteiger partial charge in [-0.2, -0.15) is 0 Å². The molecule has 1 unspecified atom stereocenters. The molecule has 19 heavy (non-hydrogen) atoms. The molecule has 3 N–H and O–H groups in total. The molecule has 1 heterocycles. The van der Waals surface area contributed by atoms with Gasteiger partial charge in [-0.05, 0) is 57.0 Å². The fraction of sp³-hybridized carbons (Fsp3) is 0.429. The van der Waals surface area contributed by atoms with Gasteiger partial charge in [0.2, 0.25) is 5.91 Å². The summed E-state index contributed by atoms with van der Waals surface area (Å²) < 4.78 is 0. The zero-order valence-electron chi connectivity index (χ0n) is 10.9. The number of anilines is 1. The smallest absolute Gasteiger partial charge is 0.335 e. The largest absolute Gasteiger partial charge is 0.478 e. The maximum Gasteiger partial charge on any atom is 0.335 e. The molecule has 1 atom stereocenters. The quantitative estimate of drug-likeness (QED) is 0.777. The number of hydrogen-bond acceptors (Lipinski definition) is 3. The summed E-state index contributed by atoms with van der Waals surface area (Å²) in [5.41, 5.74) is 0.285. The van der Waals surface area contributed by atoms with Crippen LogP contribution in [0.1, 0.15) is 36.5 Å². The molecule has 2 rings (SSSR count). The van der Waals surface area contributed by atoms with Crippen LogP contribution in [0.25, 0.3) is 0 Å². The van der Waals surface area contributed by atoms with Crippen LogP contribution >= 0.6 is 0 Å². The van der Waals surface area contributed by atoms with E-state index in [1.807, 2.05) is 6.92 Å². The van der Waals surface area contributed by atoms with Gasteiger partial charge >= 0.3 is 5.97 Å². The number of aromatic carboxylic acids is 1. The molecule has 0 aromatic heterocycles. The first-order valence-corrected chi connectivity index (χ1v) is 6.41. The summed E-state index contributed by atoms with van der Waals surface area (Å²) in [5.74, 6) is -1.05. The maximum atomic E-state index is 12.2. The molecule has 1 aromatic rings. The molecule has 1 aromatic carbocycles. The number of carboxylic acids is 1. The summed E-state index contributed by atoms with van der Waals surface area (Å²) in [6.45, 7) is 2.75. The normalized spacial score (nSPS) is 22.8. The molecule has 1 aliphatic heterocycles. The van der Waals surface area contributed by atoms with Crippen LogP contribution in [0.15, 0.2) is 24.3 Å². The number of rotatable bonds is 3. The molecular formula is C14H18N2O3. The molecule has 1 amide bonds. The lowest BCUT2D eigenvalue weighted by Gasteiger charge is -2.33. The van der Waals surface area contributed by atoms with Crippen molar-refractivity contribution < 1.29 is 14.7 Å². The molecule has 1 fully saturated rings. The van der Waals surface area contributed by atoms with Crippen LogP contribution in [0.5, 0.6) is 0 Å². The molecule has 0 aliphatic carbocycles. The monoisotopic (exact) mass is 262 g/mol. The summed E-state index contributed by atoms with van der Waals surface area (Å²) in [6, 6.07) is 6.17. The van der Waals surface area contributed by atoms with Gasteiger partial charge in [0.1, 0.15) is 0 Å². The standard InChI is InChI=1S/C14H18N2O3/c1-14(8-2-3-9-15-14)13(19)16-11-6-4-10(5-7-11)12(17)18/h4-7,15H,2-3,8-9H2,1H3,(H,16,19)(H,17,18). The van der Waals surface area contributed by atoms with E-state index >= 15 is 0 Å². The van der Waals surface area contributed by atoms with E-state index in [2.05, 4.69) is 10.6 Å². The SMILES string of the molecule is CC1(C(=O)Nc2ccc(C(=O)O)cc2)CCCCN1. The van der Waals surface area contributed by atoms with Crippen molar-refractivity contribution in [2.24, 2.45) is 0 Å². The highest BCUT2D eigenvalue weighted by Crippen LogP contribution is 2.21. The number of nitrogens with one attached hydrogen (secondary N) is 2. The van der Waals surface area contributed by atoms with Crippen molar-refractivity contribution in [3.63, 3.8) is 0 Å². The molecule has 0 bridgehead atoms. The number of carbonyl (C=O) groups excluding carboxylic acids is 1. The van der Waals surface area contributed by atoms with Crippen molar-refractivity contribution in [2.45, 2.75) is 31.7 Å². The minimum Gasteiger partial charge on any atom is -0.478 e. The molecule has 5 heteroatoms. The second-order valence-corrected chi connectivity index (χ2v) is 5.05. The van der Waals surface area contributed by atoms with Crippen LogP contribution in [0.3, 0.4) is 0 Å². The topological polar surface area (TPSA) is 78.4 Å². The van der Waals surface area contributed by atoms with E-state index < -0.39 is 11.5 Å². The highest BCUT2D eigenvalue weighted by atomic mass is 16.4. The highest BCUT2D eigenvalue weighted by molar-refractivity contribution is 5.98. The third-order valence-corrected chi connectivity index (χ3v) is 3.51. The molecule has 0 radical (unpaired) electrons. The van der Waals surface area contributed by atoms with Crippen molar-refractivity contribution in [1.82, 2.24) is 5.32 Å². The predicted octanol–water partition coefficient (Wildman–Crippen LogP) is 1.86. The predicted molar refractivity (Wildman–Crippen MR) is 72.3 cm³/mol. The van der Waals surface area contributed by atoms with E-state index in [0.717, 1.165) is 25.8 Å². The average molecular weight is 262 g/mol. The third-order valence-electron chi connectivity index (χ3n) is 3.51. The fourth-order valence-electron chi connectivity index (χ4n) is 2.22. The molecule has 1 aliphatic rings. The lowest BCUT2D eigenvalue weighted by atomic mass is 9.90. The molecule has 5 nitrogen and oxygen atoms in total. The first kappa shape index (κ1) is 13.5. The summed E-state index contributed by atoms with van der Waals surface area (Å²) in [7, 11) is 0. The van der Waals surface area contributed by atoms with Crippen LogP contribution in [-0.2, 0) is 4.79 Å². The van der Waals surface area contributed by atoms with Crippen molar-refractivity contribution in [3.8, 4) is 0 Å². The zero-order chi connectivity index (χ0) is 13.9. The van der Waals surface area contributed by atoms with Crippen LogP contribution in [-0.4, -0.2) is 29.1 Å². The van der Waals surface area contributed by atoms with Gasteiger partial charge in [0.25, 0.3) is 0 Å². The van der Waals surface area contributed by atoms with Gasteiger partial charge in [0, 0.05) is 5.69 Å². The van der Waals surface area contributed by atoms with Gasteiger partial charge in [-0.15, -0.1) is 0 Å². The van der Waals surface area contributed by atoms with Crippen molar-refractivity contribution in [1.29, 1.82) is 0 Å². The lowest BCUT2D eigenvalue weighted by Crippen LogP contribution is -2.54. The molecule has 1 saturated heterocycles. The second-order valence-electron chi connectivity index (χ2n) is 5.05. The number of amides is 1. The summed E-state index contributed by atoms with van der Waals surface area (Å²) in [4.78, 5) is 23.0. The Balaban J connectivity index is 2.04. The van der Waals surface area contributed by atoms with Gasteiger partial charge in [-0.1, -0.05) is 0 Å². The Morgan fingerprint density at radius 3 is 2.47 bits per heavy atom. The van der Waals surface area contributed by atoms with E-state index in [9.17, 15) is 9.59 Å². The molecule has 0 spiro atoms. The van der Waals surface area contributed by atoms with Crippen LogP contribution in [0.4, 0.5) is 5.69 Å². The van der Waals surface area contributed by atoms with Crippen molar-refractivity contribution >= 4 is 17.6 Å². The zero-order valence-corrected chi connectivity index (χ0v) is 10.9. The first-order chi connectivity index (χ1) is 9.01. The minimum atomic E-state index is -0.973. The summed E-state index contributed by atoms with van der Waals surface area (Å²) in [5, 5.41) is 14.9. The fourth-order valence-corrected chi connectivity index (χ4v) is 2.22. The Bertz CT molecular complexity index is 476. The first-order valence-electron chi connectivity index (χ1n) is 6.41. The van der Waals surface area contributed by atoms with Gasteiger partial charge in [0.05, 0.1) is 11.1 Å².